The number of pyridine rings is 1. The molecule has 3 heterocycles. The van der Waals surface area contributed by atoms with Crippen molar-refractivity contribution in [3.05, 3.63) is 31.9 Å². The van der Waals surface area contributed by atoms with Crippen LogP contribution in [0.15, 0.2) is 9.70 Å². The predicted octanol–water partition coefficient (Wildman–Crippen LogP) is 3.35. The molecule has 0 saturated carbocycles. The molecule has 2 aliphatic heterocycles. The number of carbonyl (C=O) groups is 2. The number of amides is 1. The van der Waals surface area contributed by atoms with Crippen LogP contribution in [-0.4, -0.2) is 51.9 Å². The number of anilines is 1. The van der Waals surface area contributed by atoms with Gasteiger partial charge in [0, 0.05) is 32.2 Å². The van der Waals surface area contributed by atoms with Gasteiger partial charge in [-0.2, -0.15) is 5.26 Å². The van der Waals surface area contributed by atoms with Gasteiger partial charge in [0.15, 0.2) is 0 Å². The maximum Gasteiger partial charge on any atom is 0.310 e. The maximum absolute atomic E-state index is 13.1. The zero-order chi connectivity index (χ0) is 25.0. The highest BCUT2D eigenvalue weighted by atomic mass is 32.2. The van der Waals surface area contributed by atoms with Gasteiger partial charge in [0.05, 0.1) is 17.4 Å². The molecule has 8 nitrogen and oxygen atoms in total. The number of hydrogen-bond donors (Lipinski definition) is 0. The Kier molecular flexibility index (Phi) is 8.55. The summed E-state index contributed by atoms with van der Waals surface area (Å²) in [5, 5.41) is 9.66. The number of thioether (sulfide) groups is 1. The summed E-state index contributed by atoms with van der Waals surface area (Å²) in [5.41, 5.74) is 0.774. The molecule has 34 heavy (non-hydrogen) atoms. The van der Waals surface area contributed by atoms with Gasteiger partial charge in [0.2, 0.25) is 0 Å². The van der Waals surface area contributed by atoms with Crippen molar-refractivity contribution >= 4 is 52.1 Å². The predicted molar refractivity (Wildman–Crippen MR) is 137 cm³/mol. The second kappa shape index (κ2) is 11.2. The van der Waals surface area contributed by atoms with Gasteiger partial charge in [-0.05, 0) is 44.7 Å². The standard InChI is InChI=1S/C24H30N4O4S2/c1-5-7-11-28-22(30)19(34-24(28)33)12-17-15(3)18(13-25)21(29)26(4)20(17)27-10-8-9-16(14-27)23(31)32-6-2/h12,16H,5-11,14H2,1-4H3/b19-12-. The minimum Gasteiger partial charge on any atom is -0.466 e. The fraction of sp³-hybridized carbons (Fsp3) is 0.542. The fourth-order valence-corrected chi connectivity index (χ4v) is 5.65. The fourth-order valence-electron chi connectivity index (χ4n) is 4.36. The molecule has 10 heteroatoms. The van der Waals surface area contributed by atoms with Crippen molar-refractivity contribution in [3.63, 3.8) is 0 Å². The van der Waals surface area contributed by atoms with E-state index in [1.807, 2.05) is 11.0 Å². The first-order chi connectivity index (χ1) is 16.2. The number of piperidine rings is 1. The van der Waals surface area contributed by atoms with Crippen molar-refractivity contribution in [2.24, 2.45) is 13.0 Å². The first-order valence-corrected chi connectivity index (χ1v) is 12.8. The highest BCUT2D eigenvalue weighted by molar-refractivity contribution is 8.26. The summed E-state index contributed by atoms with van der Waals surface area (Å²) in [6.45, 7) is 7.48. The van der Waals surface area contributed by atoms with E-state index in [2.05, 4.69) is 6.92 Å². The topological polar surface area (TPSA) is 95.6 Å². The van der Waals surface area contributed by atoms with Gasteiger partial charge in [-0.15, -0.1) is 0 Å². The molecule has 1 aromatic heterocycles. The number of nitriles is 1. The van der Waals surface area contributed by atoms with Crippen molar-refractivity contribution in [2.45, 2.75) is 46.5 Å². The largest absolute Gasteiger partial charge is 0.466 e. The summed E-state index contributed by atoms with van der Waals surface area (Å²) in [5.74, 6) is -0.126. The number of thiocarbonyl (C=S) groups is 1. The summed E-state index contributed by atoms with van der Waals surface area (Å²) in [7, 11) is 1.62. The van der Waals surface area contributed by atoms with E-state index in [1.54, 1.807) is 31.9 Å². The number of hydrogen-bond acceptors (Lipinski definition) is 8. The Bertz CT molecular complexity index is 1140. The molecule has 1 atom stereocenters. The molecular formula is C24H30N4O4S2. The lowest BCUT2D eigenvalue weighted by atomic mass is 9.96. The Labute approximate surface area is 209 Å². The lowest BCUT2D eigenvalue weighted by Crippen LogP contribution is -2.42. The second-order valence-corrected chi connectivity index (χ2v) is 10.1. The van der Waals surface area contributed by atoms with Gasteiger partial charge < -0.3 is 9.64 Å². The number of nitrogens with zero attached hydrogens (tertiary/aromatic N) is 4. The average molecular weight is 503 g/mol. The van der Waals surface area contributed by atoms with E-state index < -0.39 is 5.56 Å². The van der Waals surface area contributed by atoms with E-state index in [1.165, 1.54) is 16.3 Å². The number of esters is 1. The Morgan fingerprint density at radius 2 is 2.09 bits per heavy atom. The Morgan fingerprint density at radius 3 is 2.74 bits per heavy atom. The van der Waals surface area contributed by atoms with Crippen molar-refractivity contribution in [1.82, 2.24) is 9.47 Å². The third kappa shape index (κ3) is 5.05. The number of ether oxygens (including phenoxy) is 1. The first-order valence-electron chi connectivity index (χ1n) is 11.6. The van der Waals surface area contributed by atoms with Gasteiger partial charge in [-0.1, -0.05) is 37.3 Å². The van der Waals surface area contributed by atoms with Crippen LogP contribution in [0.3, 0.4) is 0 Å². The van der Waals surface area contributed by atoms with Crippen LogP contribution in [0.25, 0.3) is 6.08 Å². The van der Waals surface area contributed by atoms with Crippen LogP contribution < -0.4 is 10.5 Å². The molecule has 0 radical (unpaired) electrons. The van der Waals surface area contributed by atoms with Crippen LogP contribution in [-0.2, 0) is 21.4 Å². The minimum absolute atomic E-state index is 0.0397. The van der Waals surface area contributed by atoms with Gasteiger partial charge in [-0.25, -0.2) is 0 Å². The monoisotopic (exact) mass is 502 g/mol. The molecular weight excluding hydrogens is 472 g/mol. The molecule has 2 fully saturated rings. The minimum atomic E-state index is -0.402. The Hall–Kier alpha value is -2.64. The maximum atomic E-state index is 13.1. The Morgan fingerprint density at radius 1 is 1.35 bits per heavy atom. The van der Waals surface area contributed by atoms with Crippen LogP contribution in [0, 0.1) is 24.2 Å². The summed E-state index contributed by atoms with van der Waals surface area (Å²) < 4.78 is 7.19. The van der Waals surface area contributed by atoms with E-state index in [0.717, 1.165) is 19.3 Å². The summed E-state index contributed by atoms with van der Waals surface area (Å²) in [6, 6.07) is 2.02. The lowest BCUT2D eigenvalue weighted by Gasteiger charge is -2.35. The highest BCUT2D eigenvalue weighted by Gasteiger charge is 2.34. The van der Waals surface area contributed by atoms with E-state index in [-0.39, 0.29) is 23.4 Å². The van der Waals surface area contributed by atoms with Crippen molar-refractivity contribution in [1.29, 1.82) is 5.26 Å². The smallest absolute Gasteiger partial charge is 0.310 e. The van der Waals surface area contributed by atoms with Crippen molar-refractivity contribution in [2.75, 3.05) is 31.1 Å². The van der Waals surface area contributed by atoms with Crippen LogP contribution in [0.2, 0.25) is 0 Å². The second-order valence-electron chi connectivity index (χ2n) is 8.44. The van der Waals surface area contributed by atoms with Crippen LogP contribution >= 0.6 is 24.0 Å². The molecule has 3 rings (SSSR count). The van der Waals surface area contributed by atoms with Crippen LogP contribution in [0.4, 0.5) is 5.82 Å². The Balaban J connectivity index is 2.10. The zero-order valence-corrected chi connectivity index (χ0v) is 21.7. The highest BCUT2D eigenvalue weighted by Crippen LogP contribution is 2.36. The number of aromatic nitrogens is 1. The van der Waals surface area contributed by atoms with Gasteiger partial charge in [-0.3, -0.25) is 23.9 Å². The first kappa shape index (κ1) is 26.0. The quantitative estimate of drug-likeness (QED) is 0.318. The van der Waals surface area contributed by atoms with Crippen LogP contribution in [0.1, 0.15) is 56.2 Å². The third-order valence-corrected chi connectivity index (χ3v) is 7.57. The molecule has 1 aromatic rings. The molecule has 1 unspecified atom stereocenters. The van der Waals surface area contributed by atoms with E-state index in [9.17, 15) is 19.6 Å². The SMILES string of the molecule is CCCCN1C(=O)/C(=C/c2c(C)c(C#N)c(=O)n(C)c2N2CCCC(C(=O)OCC)C2)SC1=S. The molecule has 1 amide bonds. The molecule has 2 aliphatic rings. The molecule has 0 N–H and O–H groups in total. The lowest BCUT2D eigenvalue weighted by molar-refractivity contribution is -0.148. The van der Waals surface area contributed by atoms with Crippen molar-refractivity contribution < 1.29 is 14.3 Å². The summed E-state index contributed by atoms with van der Waals surface area (Å²) >= 11 is 6.67. The summed E-state index contributed by atoms with van der Waals surface area (Å²) in [4.78, 5) is 42.5. The third-order valence-electron chi connectivity index (χ3n) is 6.19. The molecule has 2 saturated heterocycles. The van der Waals surface area contributed by atoms with E-state index in [0.29, 0.717) is 58.8 Å². The molecule has 182 valence electrons. The van der Waals surface area contributed by atoms with E-state index >= 15 is 0 Å². The van der Waals surface area contributed by atoms with Crippen LogP contribution in [0.5, 0.6) is 0 Å². The van der Waals surface area contributed by atoms with Gasteiger partial charge in [0.1, 0.15) is 21.8 Å². The van der Waals surface area contributed by atoms with E-state index in [4.69, 9.17) is 17.0 Å². The molecule has 0 spiro atoms. The average Bonchev–Trinajstić information content (AvgIpc) is 3.09. The molecule has 0 bridgehead atoms. The van der Waals surface area contributed by atoms with Gasteiger partial charge in [0.25, 0.3) is 11.5 Å². The number of unbranched alkanes of at least 4 members (excludes halogenated alkanes) is 1. The molecule has 0 aliphatic carbocycles. The van der Waals surface area contributed by atoms with Gasteiger partial charge >= 0.3 is 5.97 Å². The van der Waals surface area contributed by atoms with Crippen molar-refractivity contribution in [3.8, 4) is 6.07 Å². The molecule has 0 aromatic carbocycles. The summed E-state index contributed by atoms with van der Waals surface area (Å²) in [6.07, 6.45) is 5.01. The zero-order valence-electron chi connectivity index (χ0n) is 20.0. The number of rotatable bonds is 7. The normalized spacial score (nSPS) is 19.6. The number of carbonyl (C=O) groups excluding carboxylic acids is 2.